The van der Waals surface area contributed by atoms with E-state index in [2.05, 4.69) is 15.9 Å². The second-order valence-corrected chi connectivity index (χ2v) is 9.05. The van der Waals surface area contributed by atoms with Crippen LogP contribution >= 0.6 is 15.9 Å². The van der Waals surface area contributed by atoms with E-state index in [0.29, 0.717) is 5.69 Å². The number of imide groups is 1. The molecule has 7 rings (SSSR count). The average Bonchev–Trinajstić information content (AvgIpc) is 3.05. The van der Waals surface area contributed by atoms with Crippen LogP contribution in [0.2, 0.25) is 0 Å². The van der Waals surface area contributed by atoms with Gasteiger partial charge in [0.1, 0.15) is 6.29 Å². The van der Waals surface area contributed by atoms with Crippen LogP contribution < -0.4 is 4.90 Å². The summed E-state index contributed by atoms with van der Waals surface area (Å²) in [5.74, 6) is -2.10. The number of anilines is 1. The minimum atomic E-state index is -1.15. The summed E-state index contributed by atoms with van der Waals surface area (Å²) in [6, 6.07) is 22.7. The van der Waals surface area contributed by atoms with Gasteiger partial charge >= 0.3 is 0 Å². The number of aldehydes is 1. The summed E-state index contributed by atoms with van der Waals surface area (Å²) in [4.78, 5) is 41.6. The van der Waals surface area contributed by atoms with Crippen LogP contribution in [0, 0.1) is 11.8 Å². The van der Waals surface area contributed by atoms with Crippen LogP contribution in [-0.4, -0.2) is 18.1 Å². The fourth-order valence-corrected chi connectivity index (χ4v) is 6.29. The lowest BCUT2D eigenvalue weighted by Gasteiger charge is -2.51. The van der Waals surface area contributed by atoms with Gasteiger partial charge in [-0.2, -0.15) is 0 Å². The Balaban J connectivity index is 1.66. The highest BCUT2D eigenvalue weighted by Gasteiger charge is 2.68. The fourth-order valence-electron chi connectivity index (χ4n) is 5.90. The summed E-state index contributed by atoms with van der Waals surface area (Å²) >= 11 is 3.43. The molecule has 146 valence electrons. The maximum absolute atomic E-state index is 13.8. The lowest BCUT2D eigenvalue weighted by Crippen LogP contribution is -2.54. The summed E-state index contributed by atoms with van der Waals surface area (Å²) in [5.41, 5.74) is 3.02. The number of carbonyl (C=O) groups is 3. The number of benzene rings is 3. The molecule has 3 aliphatic carbocycles. The van der Waals surface area contributed by atoms with Gasteiger partial charge in [-0.25, -0.2) is 4.90 Å². The predicted octanol–water partition coefficient (Wildman–Crippen LogP) is 4.20. The van der Waals surface area contributed by atoms with Crippen molar-refractivity contribution in [2.75, 3.05) is 4.90 Å². The van der Waals surface area contributed by atoms with Gasteiger partial charge in [-0.15, -0.1) is 0 Å². The van der Waals surface area contributed by atoms with Crippen molar-refractivity contribution in [3.8, 4) is 0 Å². The molecule has 4 nitrogen and oxygen atoms in total. The molecule has 0 radical (unpaired) electrons. The molecular weight excluding hydrogens is 442 g/mol. The molecule has 3 aromatic carbocycles. The Morgan fingerprint density at radius 2 is 1.47 bits per heavy atom. The molecule has 30 heavy (non-hydrogen) atoms. The zero-order chi connectivity index (χ0) is 20.6. The van der Waals surface area contributed by atoms with Crippen molar-refractivity contribution >= 4 is 39.7 Å². The Morgan fingerprint density at radius 3 is 2.07 bits per heavy atom. The first-order valence-electron chi connectivity index (χ1n) is 9.88. The number of rotatable bonds is 2. The van der Waals surface area contributed by atoms with Gasteiger partial charge in [-0.3, -0.25) is 9.59 Å². The van der Waals surface area contributed by atoms with Gasteiger partial charge in [-0.05, 0) is 40.5 Å². The van der Waals surface area contributed by atoms with Crippen LogP contribution in [0.3, 0.4) is 0 Å². The highest BCUT2D eigenvalue weighted by atomic mass is 79.9. The van der Waals surface area contributed by atoms with Crippen LogP contribution in [0.4, 0.5) is 5.69 Å². The standard InChI is InChI=1S/C25H16BrNO3/c26-14-6-5-7-15(12-14)27-23(29)21-20-16-8-1-3-10-18(16)25(13-28,22(21)24(27)30)19-11-4-2-9-17(19)20/h1-13,20-22H/t20?,21-,22-,25?/m1/s1. The molecule has 0 N–H and O–H groups in total. The predicted molar refractivity (Wildman–Crippen MR) is 115 cm³/mol. The zero-order valence-electron chi connectivity index (χ0n) is 15.8. The zero-order valence-corrected chi connectivity index (χ0v) is 17.4. The van der Waals surface area contributed by atoms with E-state index >= 15 is 0 Å². The van der Waals surface area contributed by atoms with Crippen LogP contribution in [0.1, 0.15) is 28.2 Å². The van der Waals surface area contributed by atoms with Gasteiger partial charge in [0.05, 0.1) is 22.9 Å². The second kappa shape index (κ2) is 5.99. The molecule has 1 aliphatic heterocycles. The molecule has 0 spiro atoms. The molecule has 0 aromatic heterocycles. The summed E-state index contributed by atoms with van der Waals surface area (Å²) in [6.07, 6.45) is 0.896. The molecule has 2 atom stereocenters. The topological polar surface area (TPSA) is 54.5 Å². The number of halogens is 1. The number of amides is 2. The quantitative estimate of drug-likeness (QED) is 0.428. The van der Waals surface area contributed by atoms with Gasteiger partial charge in [0.15, 0.2) is 0 Å². The first-order valence-corrected chi connectivity index (χ1v) is 10.7. The molecule has 0 unspecified atom stereocenters. The normalized spacial score (nSPS) is 28.2. The smallest absolute Gasteiger partial charge is 0.239 e. The van der Waals surface area contributed by atoms with E-state index in [9.17, 15) is 14.4 Å². The number of carbonyl (C=O) groups excluding carboxylic acids is 3. The highest BCUT2D eigenvalue weighted by molar-refractivity contribution is 9.10. The van der Waals surface area contributed by atoms with Crippen LogP contribution in [0.15, 0.2) is 77.3 Å². The molecule has 4 aliphatic rings. The van der Waals surface area contributed by atoms with Gasteiger partial charge in [0.25, 0.3) is 0 Å². The Bertz CT molecular complexity index is 1220. The Labute approximate surface area is 181 Å². The summed E-state index contributed by atoms with van der Waals surface area (Å²) in [7, 11) is 0. The average molecular weight is 458 g/mol. The van der Waals surface area contributed by atoms with Crippen molar-refractivity contribution in [1.29, 1.82) is 0 Å². The fraction of sp³-hybridized carbons (Fsp3) is 0.160. The third kappa shape index (κ3) is 1.94. The van der Waals surface area contributed by atoms with E-state index in [0.717, 1.165) is 33.0 Å². The second-order valence-electron chi connectivity index (χ2n) is 8.13. The minimum Gasteiger partial charge on any atom is -0.302 e. The van der Waals surface area contributed by atoms with E-state index < -0.39 is 17.3 Å². The maximum Gasteiger partial charge on any atom is 0.239 e. The van der Waals surface area contributed by atoms with E-state index in [1.54, 1.807) is 18.2 Å². The number of nitrogens with zero attached hydrogens (tertiary/aromatic N) is 1. The van der Waals surface area contributed by atoms with Gasteiger partial charge in [0.2, 0.25) is 11.8 Å². The first-order chi connectivity index (χ1) is 14.6. The molecule has 5 heteroatoms. The van der Waals surface area contributed by atoms with E-state index in [1.165, 1.54) is 4.90 Å². The molecular formula is C25H16BrNO3. The van der Waals surface area contributed by atoms with Crippen molar-refractivity contribution < 1.29 is 14.4 Å². The summed E-state index contributed by atoms with van der Waals surface area (Å²) in [5, 5.41) is 0. The van der Waals surface area contributed by atoms with Crippen molar-refractivity contribution in [3.05, 3.63) is 99.5 Å². The lowest BCUT2D eigenvalue weighted by atomic mass is 9.48. The van der Waals surface area contributed by atoms with Gasteiger partial charge in [0, 0.05) is 10.4 Å². The Morgan fingerprint density at radius 1 is 0.833 bits per heavy atom. The van der Waals surface area contributed by atoms with Gasteiger partial charge < -0.3 is 4.79 Å². The van der Waals surface area contributed by atoms with Crippen LogP contribution in [0.25, 0.3) is 0 Å². The maximum atomic E-state index is 13.8. The van der Waals surface area contributed by atoms with Crippen LogP contribution in [-0.2, 0) is 19.8 Å². The van der Waals surface area contributed by atoms with Crippen molar-refractivity contribution in [3.63, 3.8) is 0 Å². The van der Waals surface area contributed by atoms with E-state index in [-0.39, 0.29) is 17.7 Å². The molecule has 1 fully saturated rings. The number of hydrogen-bond donors (Lipinski definition) is 0. The third-order valence-corrected chi connectivity index (χ3v) is 7.43. The third-order valence-electron chi connectivity index (χ3n) is 6.94. The largest absolute Gasteiger partial charge is 0.302 e. The number of hydrogen-bond acceptors (Lipinski definition) is 3. The monoisotopic (exact) mass is 457 g/mol. The molecule has 2 amide bonds. The van der Waals surface area contributed by atoms with E-state index in [1.807, 2.05) is 54.6 Å². The highest BCUT2D eigenvalue weighted by Crippen LogP contribution is 2.63. The van der Waals surface area contributed by atoms with E-state index in [4.69, 9.17) is 0 Å². The van der Waals surface area contributed by atoms with Crippen molar-refractivity contribution in [2.45, 2.75) is 11.3 Å². The summed E-state index contributed by atoms with van der Waals surface area (Å²) in [6.45, 7) is 0. The minimum absolute atomic E-state index is 0.233. The Kier molecular flexibility index (Phi) is 3.55. The molecule has 1 heterocycles. The molecule has 0 saturated carbocycles. The molecule has 2 bridgehead atoms. The molecule has 1 saturated heterocycles. The van der Waals surface area contributed by atoms with Crippen LogP contribution in [0.5, 0.6) is 0 Å². The first kappa shape index (κ1) is 17.8. The SMILES string of the molecule is O=CC12c3ccccc3C(c3ccccc31)[C@H]1C(=O)N(c3cccc(Br)c3)C(=O)[C@@H]12. The summed E-state index contributed by atoms with van der Waals surface area (Å²) < 4.78 is 0.787. The lowest BCUT2D eigenvalue weighted by molar-refractivity contribution is -0.128. The Hall–Kier alpha value is -3.05. The van der Waals surface area contributed by atoms with Crippen molar-refractivity contribution in [1.82, 2.24) is 0 Å². The molecule has 3 aromatic rings. The van der Waals surface area contributed by atoms with Crippen molar-refractivity contribution in [2.24, 2.45) is 11.8 Å². The van der Waals surface area contributed by atoms with Gasteiger partial charge in [-0.1, -0.05) is 70.5 Å².